The van der Waals surface area contributed by atoms with Crippen LogP contribution in [0.4, 0.5) is 5.69 Å². The first kappa shape index (κ1) is 15.5. The van der Waals surface area contributed by atoms with Crippen LogP contribution in [-0.2, 0) is 5.41 Å². The van der Waals surface area contributed by atoms with Crippen LogP contribution >= 0.6 is 0 Å². The molecule has 2 heterocycles. The lowest BCUT2D eigenvalue weighted by Crippen LogP contribution is -2.35. The number of hydrogen-bond donors (Lipinski definition) is 1. The average Bonchev–Trinajstić information content (AvgIpc) is 3.07. The number of methoxy groups -OCH3 is 1. The quantitative estimate of drug-likeness (QED) is 0.691. The van der Waals surface area contributed by atoms with Gasteiger partial charge in [0.1, 0.15) is 11.5 Å². The van der Waals surface area contributed by atoms with Crippen LogP contribution in [0.5, 0.6) is 5.75 Å². The van der Waals surface area contributed by atoms with Crippen LogP contribution < -0.4 is 10.1 Å². The summed E-state index contributed by atoms with van der Waals surface area (Å²) in [7, 11) is 5.55. The van der Waals surface area contributed by atoms with Crippen molar-refractivity contribution in [2.24, 2.45) is 5.10 Å². The zero-order valence-electron chi connectivity index (χ0n) is 14.0. The third-order valence-electron chi connectivity index (χ3n) is 4.26. The van der Waals surface area contributed by atoms with E-state index in [0.29, 0.717) is 0 Å². The number of ether oxygens (including phenoxy) is 1. The zero-order valence-corrected chi connectivity index (χ0v) is 14.0. The van der Waals surface area contributed by atoms with Gasteiger partial charge in [-0.2, -0.15) is 5.10 Å². The highest BCUT2D eigenvalue weighted by atomic mass is 16.5. The molecule has 2 atom stereocenters. The van der Waals surface area contributed by atoms with Crippen molar-refractivity contribution < 1.29 is 9.15 Å². The summed E-state index contributed by atoms with van der Waals surface area (Å²) >= 11 is 0. The molecule has 0 amide bonds. The summed E-state index contributed by atoms with van der Waals surface area (Å²) in [6.07, 6.45) is 4.59. The normalized spacial score (nSPS) is 23.4. The van der Waals surface area contributed by atoms with Crippen LogP contribution in [0, 0.1) is 0 Å². The molecule has 5 nitrogen and oxygen atoms in total. The van der Waals surface area contributed by atoms with Gasteiger partial charge in [-0.25, -0.2) is 0 Å². The number of nitrogens with one attached hydrogen (secondary N) is 1. The molecule has 23 heavy (non-hydrogen) atoms. The molecule has 5 heteroatoms. The second-order valence-corrected chi connectivity index (χ2v) is 6.34. The predicted octanol–water partition coefficient (Wildman–Crippen LogP) is 3.65. The first-order valence-electron chi connectivity index (χ1n) is 7.73. The monoisotopic (exact) mass is 313 g/mol. The van der Waals surface area contributed by atoms with Crippen LogP contribution in [-0.4, -0.2) is 32.4 Å². The van der Waals surface area contributed by atoms with E-state index in [1.165, 1.54) is 5.56 Å². The number of furan rings is 1. The minimum Gasteiger partial charge on any atom is -0.497 e. The Labute approximate surface area is 136 Å². The molecule has 1 aromatic carbocycles. The third kappa shape index (κ3) is 3.04. The fourth-order valence-corrected chi connectivity index (χ4v) is 3.05. The van der Waals surface area contributed by atoms with E-state index in [4.69, 9.17) is 9.15 Å². The van der Waals surface area contributed by atoms with Gasteiger partial charge in [0.05, 0.1) is 19.4 Å². The maximum Gasteiger partial charge on any atom is 0.126 e. The lowest BCUT2D eigenvalue weighted by Gasteiger charge is -2.38. The van der Waals surface area contributed by atoms with Crippen molar-refractivity contribution in [1.29, 1.82) is 0 Å². The molecular formula is C18H23N3O2. The van der Waals surface area contributed by atoms with Crippen LogP contribution in [0.15, 0.2) is 46.1 Å². The van der Waals surface area contributed by atoms with Crippen molar-refractivity contribution in [1.82, 2.24) is 5.01 Å². The molecule has 2 aromatic rings. The maximum atomic E-state index is 5.61. The van der Waals surface area contributed by atoms with Gasteiger partial charge in [-0.3, -0.25) is 0 Å². The molecule has 0 spiro atoms. The van der Waals surface area contributed by atoms with Gasteiger partial charge in [-0.1, -0.05) is 6.92 Å². The highest BCUT2D eigenvalue weighted by molar-refractivity contribution is 5.79. The number of nitrogens with zero attached hydrogens (tertiary/aromatic N) is 2. The molecule has 1 aliphatic heterocycles. The predicted molar refractivity (Wildman–Crippen MR) is 92.2 cm³/mol. The molecule has 122 valence electrons. The fraction of sp³-hybridized carbons (Fsp3) is 0.389. The topological polar surface area (TPSA) is 50.0 Å². The molecule has 3 rings (SSSR count). The van der Waals surface area contributed by atoms with Crippen LogP contribution in [0.2, 0.25) is 0 Å². The van der Waals surface area contributed by atoms with E-state index in [0.717, 1.165) is 23.6 Å². The van der Waals surface area contributed by atoms with Gasteiger partial charge >= 0.3 is 0 Å². The van der Waals surface area contributed by atoms with Gasteiger partial charge in [0.2, 0.25) is 0 Å². The first-order chi connectivity index (χ1) is 11.0. The Morgan fingerprint density at radius 2 is 2.22 bits per heavy atom. The molecule has 0 unspecified atom stereocenters. The molecule has 0 aliphatic carbocycles. The Bertz CT molecular complexity index is 694. The lowest BCUT2D eigenvalue weighted by atomic mass is 9.74. The Kier molecular flexibility index (Phi) is 4.03. The Balaban J connectivity index is 2.05. The number of fused-ring (bicyclic) bond motifs is 1. The summed E-state index contributed by atoms with van der Waals surface area (Å²) in [6, 6.07) is 10.2. The zero-order chi connectivity index (χ0) is 16.4. The van der Waals surface area contributed by atoms with Crippen LogP contribution in [0.1, 0.15) is 30.7 Å². The minimum absolute atomic E-state index is 0.115. The molecule has 0 saturated heterocycles. The van der Waals surface area contributed by atoms with Crippen molar-refractivity contribution in [2.45, 2.75) is 24.8 Å². The summed E-state index contributed by atoms with van der Waals surface area (Å²) in [5.41, 5.74) is 2.06. The summed E-state index contributed by atoms with van der Waals surface area (Å²) in [5.74, 6) is 1.79. The maximum absolute atomic E-state index is 5.61. The van der Waals surface area contributed by atoms with E-state index in [2.05, 4.69) is 29.5 Å². The van der Waals surface area contributed by atoms with Crippen LogP contribution in [0.3, 0.4) is 0 Å². The SMILES string of the molecule is COc1ccc2c(c1)[C@](C)(/C=N/N(C)C)C[C@H](c1ccco1)N2. The van der Waals surface area contributed by atoms with E-state index in [9.17, 15) is 0 Å². The van der Waals surface area contributed by atoms with Crippen molar-refractivity contribution in [3.05, 3.63) is 47.9 Å². The van der Waals surface area contributed by atoms with Gasteiger partial charge in [0.15, 0.2) is 0 Å². The third-order valence-corrected chi connectivity index (χ3v) is 4.26. The fourth-order valence-electron chi connectivity index (χ4n) is 3.05. The Morgan fingerprint density at radius 1 is 1.39 bits per heavy atom. The first-order valence-corrected chi connectivity index (χ1v) is 7.73. The van der Waals surface area contributed by atoms with Crippen LogP contribution in [0.25, 0.3) is 0 Å². The largest absolute Gasteiger partial charge is 0.497 e. The highest BCUT2D eigenvalue weighted by Gasteiger charge is 2.37. The average molecular weight is 313 g/mol. The number of hydrazone groups is 1. The molecule has 0 bridgehead atoms. The lowest BCUT2D eigenvalue weighted by molar-refractivity contribution is 0.399. The molecule has 1 aromatic heterocycles. The molecule has 0 fully saturated rings. The van der Waals surface area contributed by atoms with E-state index >= 15 is 0 Å². The molecule has 0 saturated carbocycles. The van der Waals surface area contributed by atoms with Crippen molar-refractivity contribution >= 4 is 11.9 Å². The molecule has 1 aliphatic rings. The summed E-state index contributed by atoms with van der Waals surface area (Å²) < 4.78 is 11.0. The molecule has 1 N–H and O–H groups in total. The summed E-state index contributed by atoms with van der Waals surface area (Å²) in [4.78, 5) is 0. The second-order valence-electron chi connectivity index (χ2n) is 6.34. The van der Waals surface area contributed by atoms with Gasteiger partial charge in [-0.05, 0) is 42.3 Å². The van der Waals surface area contributed by atoms with Crippen molar-refractivity contribution in [2.75, 3.05) is 26.5 Å². The summed E-state index contributed by atoms with van der Waals surface area (Å²) in [6.45, 7) is 2.20. The van der Waals surface area contributed by atoms with E-state index in [1.807, 2.05) is 43.5 Å². The number of benzene rings is 1. The standard InChI is InChI=1S/C18H23N3O2/c1-18(12-19-21(2)3)11-16(17-6-5-9-23-17)20-15-8-7-13(22-4)10-14(15)18/h5-10,12,16,20H,11H2,1-4H3/b19-12+/t16-,18+/m1/s1. The number of hydrogen-bond acceptors (Lipinski definition) is 5. The van der Waals surface area contributed by atoms with Gasteiger partial charge in [0.25, 0.3) is 0 Å². The number of anilines is 1. The van der Waals surface area contributed by atoms with E-state index in [-0.39, 0.29) is 11.5 Å². The Morgan fingerprint density at radius 3 is 2.87 bits per heavy atom. The van der Waals surface area contributed by atoms with Gasteiger partial charge < -0.3 is 19.5 Å². The van der Waals surface area contributed by atoms with Crippen molar-refractivity contribution in [3.8, 4) is 5.75 Å². The second kappa shape index (κ2) is 5.99. The molecule has 0 radical (unpaired) electrons. The minimum atomic E-state index is -0.211. The van der Waals surface area contributed by atoms with E-state index < -0.39 is 0 Å². The summed E-state index contributed by atoms with van der Waals surface area (Å²) in [5, 5.41) is 9.88. The Hall–Kier alpha value is -2.43. The molecular weight excluding hydrogens is 290 g/mol. The number of rotatable bonds is 4. The van der Waals surface area contributed by atoms with Gasteiger partial charge in [0, 0.05) is 31.4 Å². The van der Waals surface area contributed by atoms with Crippen molar-refractivity contribution in [3.63, 3.8) is 0 Å². The van der Waals surface area contributed by atoms with Gasteiger partial charge in [-0.15, -0.1) is 0 Å². The van der Waals surface area contributed by atoms with E-state index in [1.54, 1.807) is 13.4 Å². The highest BCUT2D eigenvalue weighted by Crippen LogP contribution is 2.44. The smallest absolute Gasteiger partial charge is 0.126 e.